The van der Waals surface area contributed by atoms with Gasteiger partial charge in [0, 0.05) is 10.6 Å². The predicted molar refractivity (Wildman–Crippen MR) is 133 cm³/mol. The summed E-state index contributed by atoms with van der Waals surface area (Å²) in [6.45, 7) is 12.8. The highest BCUT2D eigenvalue weighted by atomic mass is 35.5. The summed E-state index contributed by atoms with van der Waals surface area (Å²) in [4.78, 5) is 28.0. The number of halogens is 1. The van der Waals surface area contributed by atoms with Crippen molar-refractivity contribution >= 4 is 31.7 Å². The van der Waals surface area contributed by atoms with E-state index in [0.717, 1.165) is 29.3 Å². The van der Waals surface area contributed by atoms with Crippen LogP contribution in [0.5, 0.6) is 0 Å². The molecular formula is C26H34ClNO3Si. The standard InChI is InChI=1S/C26H34ClNO3Si/c1-7-32(8-2,9-3)31-23-22(18-12-16-21(27)17-13-18)28(25(23)30)24(29)19-10-14-20(15-11-19)26(4,5)6/h10-17,22-23H,7-9H2,1-6H3/t22-,23+/m0/s1. The fraction of sp³-hybridized carbons (Fsp3) is 0.462. The third-order valence-electron chi connectivity index (χ3n) is 6.78. The Morgan fingerprint density at radius 3 is 1.97 bits per heavy atom. The molecular weight excluding hydrogens is 438 g/mol. The van der Waals surface area contributed by atoms with Crippen molar-refractivity contribution in [1.82, 2.24) is 4.90 Å². The van der Waals surface area contributed by atoms with Crippen LogP contribution in [-0.4, -0.2) is 31.1 Å². The van der Waals surface area contributed by atoms with Gasteiger partial charge in [0.25, 0.3) is 11.8 Å². The SMILES string of the molecule is CC[Si](CC)(CC)O[C@H]1C(=O)N(C(=O)c2ccc(C(C)(C)C)cc2)[C@H]1c1ccc(Cl)cc1. The zero-order valence-electron chi connectivity index (χ0n) is 19.9. The third-order valence-corrected chi connectivity index (χ3v) is 11.7. The highest BCUT2D eigenvalue weighted by Crippen LogP contribution is 2.41. The molecule has 1 heterocycles. The molecule has 2 atom stereocenters. The topological polar surface area (TPSA) is 46.6 Å². The Bertz CT molecular complexity index is 954. The van der Waals surface area contributed by atoms with Crippen LogP contribution in [0.25, 0.3) is 0 Å². The van der Waals surface area contributed by atoms with Gasteiger partial charge in [-0.3, -0.25) is 14.5 Å². The molecule has 4 nitrogen and oxygen atoms in total. The number of hydrogen-bond acceptors (Lipinski definition) is 3. The minimum absolute atomic E-state index is 0.00660. The lowest BCUT2D eigenvalue weighted by Gasteiger charge is -2.48. The van der Waals surface area contributed by atoms with E-state index in [-0.39, 0.29) is 17.2 Å². The van der Waals surface area contributed by atoms with Gasteiger partial charge in [0.1, 0.15) is 0 Å². The van der Waals surface area contributed by atoms with Crippen molar-refractivity contribution in [2.45, 2.75) is 77.2 Å². The zero-order valence-corrected chi connectivity index (χ0v) is 21.7. The van der Waals surface area contributed by atoms with E-state index in [2.05, 4.69) is 41.5 Å². The van der Waals surface area contributed by atoms with Crippen LogP contribution >= 0.6 is 11.6 Å². The van der Waals surface area contributed by atoms with E-state index >= 15 is 0 Å². The van der Waals surface area contributed by atoms with Crippen molar-refractivity contribution in [2.24, 2.45) is 0 Å². The van der Waals surface area contributed by atoms with Crippen molar-refractivity contribution in [2.75, 3.05) is 0 Å². The fourth-order valence-electron chi connectivity index (χ4n) is 4.31. The van der Waals surface area contributed by atoms with Gasteiger partial charge in [0.2, 0.25) is 0 Å². The Hall–Kier alpha value is -1.95. The fourth-order valence-corrected chi connectivity index (χ4v) is 7.20. The molecule has 0 bridgehead atoms. The summed E-state index contributed by atoms with van der Waals surface area (Å²) in [5.41, 5.74) is 2.51. The van der Waals surface area contributed by atoms with Crippen LogP contribution < -0.4 is 0 Å². The van der Waals surface area contributed by atoms with E-state index in [1.165, 1.54) is 4.90 Å². The van der Waals surface area contributed by atoms with Crippen molar-refractivity contribution in [3.63, 3.8) is 0 Å². The van der Waals surface area contributed by atoms with Gasteiger partial charge in [0.05, 0.1) is 6.04 Å². The molecule has 0 unspecified atom stereocenters. The lowest BCUT2D eigenvalue weighted by molar-refractivity contribution is -0.158. The van der Waals surface area contributed by atoms with Gasteiger partial charge in [-0.05, 0) is 58.9 Å². The quantitative estimate of drug-likeness (QED) is 0.255. The number of rotatable bonds is 7. The number of carbonyl (C=O) groups is 2. The molecule has 3 rings (SSSR count). The smallest absolute Gasteiger partial charge is 0.261 e. The van der Waals surface area contributed by atoms with Crippen LogP contribution in [0.15, 0.2) is 48.5 Å². The van der Waals surface area contributed by atoms with Gasteiger partial charge in [-0.1, -0.05) is 77.4 Å². The summed E-state index contributed by atoms with van der Waals surface area (Å²) in [5.74, 6) is -0.533. The molecule has 0 N–H and O–H groups in total. The molecule has 1 fully saturated rings. The van der Waals surface area contributed by atoms with E-state index in [9.17, 15) is 9.59 Å². The highest BCUT2D eigenvalue weighted by Gasteiger charge is 2.54. The molecule has 0 aromatic heterocycles. The molecule has 0 aliphatic carbocycles. The average molecular weight is 472 g/mol. The van der Waals surface area contributed by atoms with Gasteiger partial charge in [-0.2, -0.15) is 0 Å². The molecule has 6 heteroatoms. The number of likely N-dealkylation sites (tertiary alicyclic amines) is 1. The first-order chi connectivity index (χ1) is 15.1. The second-order valence-electron chi connectivity index (χ2n) is 9.62. The molecule has 1 aliphatic heterocycles. The van der Waals surface area contributed by atoms with Crippen molar-refractivity contribution < 1.29 is 14.0 Å². The maximum absolute atomic E-state index is 13.4. The average Bonchev–Trinajstić information content (AvgIpc) is 2.78. The molecule has 32 heavy (non-hydrogen) atoms. The Labute approximate surface area is 198 Å². The lowest BCUT2D eigenvalue weighted by Crippen LogP contribution is -2.64. The summed E-state index contributed by atoms with van der Waals surface area (Å²) in [5, 5.41) is 0.618. The lowest BCUT2D eigenvalue weighted by atomic mass is 9.86. The normalized spacial score (nSPS) is 19.1. The number of imide groups is 1. The predicted octanol–water partition coefficient (Wildman–Crippen LogP) is 6.75. The van der Waals surface area contributed by atoms with E-state index < -0.39 is 20.5 Å². The number of benzene rings is 2. The van der Waals surface area contributed by atoms with Crippen LogP contribution in [0.1, 0.15) is 69.1 Å². The second kappa shape index (κ2) is 9.50. The second-order valence-corrected chi connectivity index (χ2v) is 14.8. The maximum atomic E-state index is 13.4. The van der Waals surface area contributed by atoms with Crippen LogP contribution in [0, 0.1) is 0 Å². The van der Waals surface area contributed by atoms with Crippen LogP contribution in [0.2, 0.25) is 23.2 Å². The molecule has 172 valence electrons. The van der Waals surface area contributed by atoms with E-state index in [1.54, 1.807) is 12.1 Å². The Kier molecular flexibility index (Phi) is 7.33. The third kappa shape index (κ3) is 4.70. The number of β-lactam (4-membered cyclic amide) rings is 1. The van der Waals surface area contributed by atoms with Crippen LogP contribution in [0.4, 0.5) is 0 Å². The molecule has 0 spiro atoms. The number of carbonyl (C=O) groups excluding carboxylic acids is 2. The van der Waals surface area contributed by atoms with Gasteiger partial charge in [0.15, 0.2) is 14.4 Å². The molecule has 0 saturated carbocycles. The molecule has 1 saturated heterocycles. The molecule has 2 amide bonds. The summed E-state index contributed by atoms with van der Waals surface area (Å²) in [6.07, 6.45) is -0.625. The van der Waals surface area contributed by atoms with Crippen LogP contribution in [-0.2, 0) is 14.6 Å². The zero-order chi connectivity index (χ0) is 23.7. The minimum Gasteiger partial charge on any atom is -0.403 e. The van der Waals surface area contributed by atoms with E-state index in [0.29, 0.717) is 10.6 Å². The van der Waals surface area contributed by atoms with Gasteiger partial charge in [-0.15, -0.1) is 0 Å². The summed E-state index contributed by atoms with van der Waals surface area (Å²) < 4.78 is 6.57. The van der Waals surface area contributed by atoms with Crippen molar-refractivity contribution in [3.05, 3.63) is 70.2 Å². The Balaban J connectivity index is 1.94. The monoisotopic (exact) mass is 471 g/mol. The summed E-state index contributed by atoms with van der Waals surface area (Å²) >= 11 is 6.09. The first-order valence-corrected chi connectivity index (χ1v) is 14.4. The highest BCUT2D eigenvalue weighted by molar-refractivity contribution is 6.73. The van der Waals surface area contributed by atoms with Crippen molar-refractivity contribution in [1.29, 1.82) is 0 Å². The number of nitrogens with zero attached hydrogens (tertiary/aromatic N) is 1. The van der Waals surface area contributed by atoms with Gasteiger partial charge < -0.3 is 4.43 Å². The van der Waals surface area contributed by atoms with Gasteiger partial charge >= 0.3 is 0 Å². The molecule has 0 radical (unpaired) electrons. The Morgan fingerprint density at radius 2 is 1.50 bits per heavy atom. The number of hydrogen-bond donors (Lipinski definition) is 0. The van der Waals surface area contributed by atoms with Crippen LogP contribution in [0.3, 0.4) is 0 Å². The largest absolute Gasteiger partial charge is 0.403 e. The van der Waals surface area contributed by atoms with E-state index in [1.807, 2.05) is 36.4 Å². The molecule has 2 aromatic carbocycles. The maximum Gasteiger partial charge on any atom is 0.261 e. The molecule has 1 aliphatic rings. The van der Waals surface area contributed by atoms with Crippen molar-refractivity contribution in [3.8, 4) is 0 Å². The first-order valence-electron chi connectivity index (χ1n) is 11.5. The summed E-state index contributed by atoms with van der Waals surface area (Å²) in [7, 11) is -2.03. The Morgan fingerprint density at radius 1 is 0.969 bits per heavy atom. The van der Waals surface area contributed by atoms with Gasteiger partial charge in [-0.25, -0.2) is 0 Å². The minimum atomic E-state index is -2.03. The van der Waals surface area contributed by atoms with E-state index in [4.69, 9.17) is 16.0 Å². The molecule has 2 aromatic rings. The number of amides is 2. The summed E-state index contributed by atoms with van der Waals surface area (Å²) in [6, 6.07) is 17.3. The first kappa shape index (κ1) is 24.7.